The first-order valence-electron chi connectivity index (χ1n) is 6.54. The molecule has 1 atom stereocenters. The lowest BCUT2D eigenvalue weighted by molar-refractivity contribution is 0.0666. The van der Waals surface area contributed by atoms with E-state index in [1.807, 2.05) is 0 Å². The Morgan fingerprint density at radius 2 is 2.06 bits per heavy atom. The van der Waals surface area contributed by atoms with Crippen molar-refractivity contribution in [3.63, 3.8) is 0 Å². The number of nitrogens with one attached hydrogen (secondary N) is 1. The van der Waals surface area contributed by atoms with E-state index < -0.39 is 0 Å². The fourth-order valence-corrected chi connectivity index (χ4v) is 2.37. The number of likely N-dealkylation sites (N-methyl/N-ethyl adjacent to an activating group) is 1. The summed E-state index contributed by atoms with van der Waals surface area (Å²) in [5, 5.41) is 3.37. The van der Waals surface area contributed by atoms with Gasteiger partial charge in [-0.1, -0.05) is 0 Å². The van der Waals surface area contributed by atoms with E-state index in [9.17, 15) is 0 Å². The summed E-state index contributed by atoms with van der Waals surface area (Å²) in [6.45, 7) is 10.1. The summed E-state index contributed by atoms with van der Waals surface area (Å²) < 4.78 is 5.75. The molecule has 0 aliphatic carbocycles. The second-order valence-electron chi connectivity index (χ2n) is 5.08. The van der Waals surface area contributed by atoms with Gasteiger partial charge in [0.2, 0.25) is 0 Å². The maximum absolute atomic E-state index is 5.75. The fourth-order valence-electron chi connectivity index (χ4n) is 2.37. The van der Waals surface area contributed by atoms with Crippen molar-refractivity contribution in [1.82, 2.24) is 15.1 Å². The molecule has 2 fully saturated rings. The van der Waals surface area contributed by atoms with Crippen LogP contribution >= 0.6 is 0 Å². The van der Waals surface area contributed by atoms with Gasteiger partial charge in [-0.15, -0.1) is 0 Å². The number of nitrogens with zero attached hydrogens (tertiary/aromatic N) is 2. The minimum Gasteiger partial charge on any atom is -0.380 e. The number of ether oxygens (including phenoxy) is 1. The third-order valence-corrected chi connectivity index (χ3v) is 3.66. The van der Waals surface area contributed by atoms with Gasteiger partial charge in [0, 0.05) is 39.3 Å². The van der Waals surface area contributed by atoms with E-state index in [0.717, 1.165) is 32.2 Å². The molecule has 1 N–H and O–H groups in total. The highest BCUT2D eigenvalue weighted by Gasteiger charge is 2.15. The van der Waals surface area contributed by atoms with Gasteiger partial charge in [0.15, 0.2) is 0 Å². The zero-order valence-electron chi connectivity index (χ0n) is 10.5. The quantitative estimate of drug-likeness (QED) is 0.662. The first-order valence-corrected chi connectivity index (χ1v) is 6.54. The van der Waals surface area contributed by atoms with Crippen LogP contribution in [-0.2, 0) is 4.74 Å². The largest absolute Gasteiger partial charge is 0.380 e. The van der Waals surface area contributed by atoms with Crippen LogP contribution in [0.5, 0.6) is 0 Å². The Bertz CT molecular complexity index is 187. The second-order valence-corrected chi connectivity index (χ2v) is 5.08. The molecule has 0 amide bonds. The topological polar surface area (TPSA) is 27.7 Å². The summed E-state index contributed by atoms with van der Waals surface area (Å²) in [7, 11) is 2.20. The smallest absolute Gasteiger partial charge is 0.0593 e. The summed E-state index contributed by atoms with van der Waals surface area (Å²) >= 11 is 0. The third kappa shape index (κ3) is 4.01. The molecule has 4 heteroatoms. The first kappa shape index (κ1) is 12.3. The van der Waals surface area contributed by atoms with Gasteiger partial charge in [0.25, 0.3) is 0 Å². The molecular formula is C12H25N3O. The van der Waals surface area contributed by atoms with Gasteiger partial charge in [-0.25, -0.2) is 0 Å². The minimum absolute atomic E-state index is 0.757. The molecule has 0 bridgehead atoms. The molecule has 94 valence electrons. The normalized spacial score (nSPS) is 28.7. The van der Waals surface area contributed by atoms with E-state index in [1.54, 1.807) is 0 Å². The SMILES string of the molecule is CN1CCN(CCOCC2CCNC2)CC1. The van der Waals surface area contributed by atoms with Crippen LogP contribution in [0.3, 0.4) is 0 Å². The van der Waals surface area contributed by atoms with Crippen LogP contribution in [-0.4, -0.2) is 75.9 Å². The maximum atomic E-state index is 5.75. The van der Waals surface area contributed by atoms with Crippen molar-refractivity contribution in [2.75, 3.05) is 66.1 Å². The second kappa shape index (κ2) is 6.55. The molecule has 2 heterocycles. The molecule has 0 aromatic heterocycles. The van der Waals surface area contributed by atoms with Gasteiger partial charge in [0.05, 0.1) is 13.2 Å². The lowest BCUT2D eigenvalue weighted by atomic mass is 10.1. The number of rotatable bonds is 5. The van der Waals surface area contributed by atoms with Crippen molar-refractivity contribution in [3.8, 4) is 0 Å². The van der Waals surface area contributed by atoms with Crippen LogP contribution in [0, 0.1) is 5.92 Å². The molecule has 2 aliphatic heterocycles. The van der Waals surface area contributed by atoms with E-state index in [0.29, 0.717) is 0 Å². The van der Waals surface area contributed by atoms with E-state index in [-0.39, 0.29) is 0 Å². The lowest BCUT2D eigenvalue weighted by Crippen LogP contribution is -2.45. The molecule has 2 rings (SSSR count). The molecule has 16 heavy (non-hydrogen) atoms. The zero-order valence-corrected chi connectivity index (χ0v) is 10.5. The van der Waals surface area contributed by atoms with Gasteiger partial charge in [-0.05, 0) is 25.9 Å². The van der Waals surface area contributed by atoms with Crippen molar-refractivity contribution < 1.29 is 4.74 Å². The molecule has 2 aliphatic rings. The molecule has 0 aromatic rings. The molecule has 0 spiro atoms. The summed E-state index contributed by atoms with van der Waals surface area (Å²) in [6.07, 6.45) is 1.29. The van der Waals surface area contributed by atoms with Crippen LogP contribution < -0.4 is 5.32 Å². The molecule has 2 saturated heterocycles. The van der Waals surface area contributed by atoms with Gasteiger partial charge in [0.1, 0.15) is 0 Å². The predicted octanol–water partition coefficient (Wildman–Crippen LogP) is -0.140. The Labute approximate surface area is 98.9 Å². The molecule has 0 radical (unpaired) electrons. The molecule has 0 saturated carbocycles. The van der Waals surface area contributed by atoms with Gasteiger partial charge >= 0.3 is 0 Å². The van der Waals surface area contributed by atoms with Crippen LogP contribution in [0.1, 0.15) is 6.42 Å². The van der Waals surface area contributed by atoms with Crippen molar-refractivity contribution in [2.24, 2.45) is 5.92 Å². The molecule has 0 aromatic carbocycles. The highest BCUT2D eigenvalue weighted by atomic mass is 16.5. The monoisotopic (exact) mass is 227 g/mol. The summed E-state index contributed by atoms with van der Waals surface area (Å²) in [4.78, 5) is 4.90. The highest BCUT2D eigenvalue weighted by molar-refractivity contribution is 4.71. The van der Waals surface area contributed by atoms with E-state index in [2.05, 4.69) is 22.2 Å². The maximum Gasteiger partial charge on any atom is 0.0593 e. The number of hydrogen-bond donors (Lipinski definition) is 1. The molecule has 4 nitrogen and oxygen atoms in total. The van der Waals surface area contributed by atoms with Gasteiger partial charge < -0.3 is 15.0 Å². The van der Waals surface area contributed by atoms with E-state index in [4.69, 9.17) is 4.74 Å². The number of hydrogen-bond acceptors (Lipinski definition) is 4. The average Bonchev–Trinajstić information content (AvgIpc) is 2.80. The van der Waals surface area contributed by atoms with Crippen molar-refractivity contribution in [1.29, 1.82) is 0 Å². The first-order chi connectivity index (χ1) is 7.84. The Morgan fingerprint density at radius 1 is 1.25 bits per heavy atom. The van der Waals surface area contributed by atoms with E-state index in [1.165, 1.54) is 39.1 Å². The summed E-state index contributed by atoms with van der Waals surface area (Å²) in [5.74, 6) is 0.757. The zero-order chi connectivity index (χ0) is 11.2. The van der Waals surface area contributed by atoms with Crippen LogP contribution in [0.2, 0.25) is 0 Å². The predicted molar refractivity (Wildman–Crippen MR) is 65.7 cm³/mol. The summed E-state index contributed by atoms with van der Waals surface area (Å²) in [6, 6.07) is 0. The highest BCUT2D eigenvalue weighted by Crippen LogP contribution is 2.07. The van der Waals surface area contributed by atoms with Crippen LogP contribution in [0.25, 0.3) is 0 Å². The van der Waals surface area contributed by atoms with Gasteiger partial charge in [-0.3, -0.25) is 4.90 Å². The molecule has 1 unspecified atom stereocenters. The van der Waals surface area contributed by atoms with Gasteiger partial charge in [-0.2, -0.15) is 0 Å². The molecular weight excluding hydrogens is 202 g/mol. The van der Waals surface area contributed by atoms with Crippen molar-refractivity contribution in [3.05, 3.63) is 0 Å². The lowest BCUT2D eigenvalue weighted by Gasteiger charge is -2.32. The Morgan fingerprint density at radius 3 is 2.75 bits per heavy atom. The Balaban J connectivity index is 1.48. The standard InChI is InChI=1S/C12H25N3O/c1-14-4-6-15(7-5-14)8-9-16-11-12-2-3-13-10-12/h12-13H,2-11H2,1H3. The third-order valence-electron chi connectivity index (χ3n) is 3.66. The summed E-state index contributed by atoms with van der Waals surface area (Å²) in [5.41, 5.74) is 0. The average molecular weight is 227 g/mol. The minimum atomic E-state index is 0.757. The van der Waals surface area contributed by atoms with Crippen LogP contribution in [0.4, 0.5) is 0 Å². The van der Waals surface area contributed by atoms with E-state index >= 15 is 0 Å². The number of piperazine rings is 1. The van der Waals surface area contributed by atoms with Crippen molar-refractivity contribution in [2.45, 2.75) is 6.42 Å². The Kier molecular flexibility index (Phi) is 5.03. The fraction of sp³-hybridized carbons (Fsp3) is 1.00. The Hall–Kier alpha value is -0.160. The van der Waals surface area contributed by atoms with Crippen LogP contribution in [0.15, 0.2) is 0 Å². The van der Waals surface area contributed by atoms with Crippen molar-refractivity contribution >= 4 is 0 Å².